The predicted molar refractivity (Wildman–Crippen MR) is 82.6 cm³/mol. The van der Waals surface area contributed by atoms with Gasteiger partial charge in [-0.15, -0.1) is 0 Å². The van der Waals surface area contributed by atoms with Crippen molar-refractivity contribution in [1.82, 2.24) is 10.2 Å². The first-order valence-corrected chi connectivity index (χ1v) is 7.74. The molecule has 0 saturated carbocycles. The van der Waals surface area contributed by atoms with E-state index in [1.165, 1.54) is 39.0 Å². The Morgan fingerprint density at radius 3 is 2.16 bits per heavy atom. The molecule has 0 aliphatic carbocycles. The second kappa shape index (κ2) is 7.05. The molecule has 0 radical (unpaired) electrons. The average molecular weight is 270 g/mol. The Balaban J connectivity index is 2.19. The largest absolute Gasteiger partial charge is 0.379 e. The Morgan fingerprint density at radius 2 is 1.68 bits per heavy atom. The van der Waals surface area contributed by atoms with Crippen molar-refractivity contribution >= 4 is 0 Å². The van der Waals surface area contributed by atoms with Crippen LogP contribution >= 0.6 is 0 Å². The molecule has 0 amide bonds. The number of likely N-dealkylation sites (tertiary alicyclic amines) is 1. The molecule has 0 unspecified atom stereocenters. The maximum atomic E-state index is 5.49. The van der Waals surface area contributed by atoms with Crippen LogP contribution in [0.25, 0.3) is 0 Å². The zero-order chi connectivity index (χ0) is 14.5. The Kier molecular flexibility index (Phi) is 6.28. The highest BCUT2D eigenvalue weighted by molar-refractivity contribution is 4.79. The van der Waals surface area contributed by atoms with Gasteiger partial charge < -0.3 is 15.0 Å². The van der Waals surface area contributed by atoms with Gasteiger partial charge in [0.05, 0.1) is 5.60 Å². The van der Waals surface area contributed by atoms with E-state index in [0.29, 0.717) is 0 Å². The van der Waals surface area contributed by atoms with E-state index in [1.54, 1.807) is 0 Å². The summed E-state index contributed by atoms with van der Waals surface area (Å²) in [5.74, 6) is 0.853. The summed E-state index contributed by atoms with van der Waals surface area (Å²) in [5.41, 5.74) is 0.268. The molecule has 1 heterocycles. The van der Waals surface area contributed by atoms with Gasteiger partial charge in [0.2, 0.25) is 0 Å². The lowest BCUT2D eigenvalue weighted by Crippen LogP contribution is -2.43. The zero-order valence-corrected chi connectivity index (χ0v) is 13.9. The van der Waals surface area contributed by atoms with Crippen molar-refractivity contribution in [2.45, 2.75) is 65.0 Å². The molecule has 1 aliphatic heterocycles. The molecule has 1 saturated heterocycles. The Bertz CT molecular complexity index is 250. The Labute approximate surface area is 120 Å². The van der Waals surface area contributed by atoms with Crippen LogP contribution in [0.15, 0.2) is 0 Å². The van der Waals surface area contributed by atoms with Crippen molar-refractivity contribution in [3.8, 4) is 0 Å². The third-order valence-electron chi connectivity index (χ3n) is 4.21. The molecule has 1 aliphatic rings. The summed E-state index contributed by atoms with van der Waals surface area (Å²) in [6.45, 7) is 15.9. The number of rotatable bonds is 6. The standard InChI is InChI=1S/C16H34N2O/c1-15(2,3)17-13-14-7-10-18(11-8-14)12-9-16(4,5)19-6/h14,17H,7-13H2,1-6H3. The molecular formula is C16H34N2O. The summed E-state index contributed by atoms with van der Waals surface area (Å²) in [7, 11) is 1.81. The molecular weight excluding hydrogens is 236 g/mol. The van der Waals surface area contributed by atoms with E-state index in [0.717, 1.165) is 12.3 Å². The van der Waals surface area contributed by atoms with E-state index in [-0.39, 0.29) is 11.1 Å². The summed E-state index contributed by atoms with van der Waals surface area (Å²) in [6, 6.07) is 0. The van der Waals surface area contributed by atoms with Gasteiger partial charge in [-0.1, -0.05) is 0 Å². The fourth-order valence-corrected chi connectivity index (χ4v) is 2.39. The monoisotopic (exact) mass is 270 g/mol. The van der Waals surface area contributed by atoms with Crippen LogP contribution in [0.4, 0.5) is 0 Å². The van der Waals surface area contributed by atoms with E-state index in [4.69, 9.17) is 4.74 Å². The summed E-state index contributed by atoms with van der Waals surface area (Å²) >= 11 is 0. The minimum atomic E-state index is 0.0185. The van der Waals surface area contributed by atoms with Gasteiger partial charge in [-0.25, -0.2) is 0 Å². The molecule has 3 heteroatoms. The number of piperidine rings is 1. The van der Waals surface area contributed by atoms with Gasteiger partial charge in [-0.2, -0.15) is 0 Å². The first-order chi connectivity index (χ1) is 8.72. The average Bonchev–Trinajstić information content (AvgIpc) is 2.34. The minimum Gasteiger partial charge on any atom is -0.379 e. The van der Waals surface area contributed by atoms with Crippen LogP contribution in [0.3, 0.4) is 0 Å². The molecule has 0 aromatic rings. The SMILES string of the molecule is COC(C)(C)CCN1CCC(CNC(C)(C)C)CC1. The van der Waals surface area contributed by atoms with Gasteiger partial charge in [-0.05, 0) is 79.4 Å². The van der Waals surface area contributed by atoms with Crippen molar-refractivity contribution in [3.05, 3.63) is 0 Å². The van der Waals surface area contributed by atoms with Crippen LogP contribution in [-0.2, 0) is 4.74 Å². The lowest BCUT2D eigenvalue weighted by Gasteiger charge is -2.35. The molecule has 19 heavy (non-hydrogen) atoms. The lowest BCUT2D eigenvalue weighted by atomic mass is 9.94. The fourth-order valence-electron chi connectivity index (χ4n) is 2.39. The molecule has 1 rings (SSSR count). The lowest BCUT2D eigenvalue weighted by molar-refractivity contribution is 0.00482. The van der Waals surface area contributed by atoms with Gasteiger partial charge in [0, 0.05) is 19.2 Å². The van der Waals surface area contributed by atoms with Crippen molar-refractivity contribution in [1.29, 1.82) is 0 Å². The third kappa shape index (κ3) is 7.28. The van der Waals surface area contributed by atoms with Crippen LogP contribution < -0.4 is 5.32 Å². The first-order valence-electron chi connectivity index (χ1n) is 7.74. The van der Waals surface area contributed by atoms with E-state index >= 15 is 0 Å². The summed E-state index contributed by atoms with van der Waals surface area (Å²) in [4.78, 5) is 2.59. The van der Waals surface area contributed by atoms with Gasteiger partial charge in [0.1, 0.15) is 0 Å². The number of ether oxygens (including phenoxy) is 1. The summed E-state index contributed by atoms with van der Waals surface area (Å²) < 4.78 is 5.49. The van der Waals surface area contributed by atoms with Crippen LogP contribution in [0.1, 0.15) is 53.9 Å². The zero-order valence-electron chi connectivity index (χ0n) is 13.9. The van der Waals surface area contributed by atoms with Crippen molar-refractivity contribution in [2.75, 3.05) is 33.3 Å². The molecule has 0 bridgehead atoms. The van der Waals surface area contributed by atoms with Crippen LogP contribution in [0.2, 0.25) is 0 Å². The number of hydrogen-bond acceptors (Lipinski definition) is 3. The smallest absolute Gasteiger partial charge is 0.0634 e. The van der Waals surface area contributed by atoms with E-state index in [9.17, 15) is 0 Å². The van der Waals surface area contributed by atoms with Gasteiger partial charge >= 0.3 is 0 Å². The van der Waals surface area contributed by atoms with Crippen LogP contribution in [0, 0.1) is 5.92 Å². The summed E-state index contributed by atoms with van der Waals surface area (Å²) in [6.07, 6.45) is 3.78. The summed E-state index contributed by atoms with van der Waals surface area (Å²) in [5, 5.41) is 3.63. The van der Waals surface area contributed by atoms with Gasteiger partial charge in [0.15, 0.2) is 0 Å². The maximum Gasteiger partial charge on any atom is 0.0634 e. The number of nitrogens with zero attached hydrogens (tertiary/aromatic N) is 1. The van der Waals surface area contributed by atoms with Gasteiger partial charge in [-0.3, -0.25) is 0 Å². The van der Waals surface area contributed by atoms with Crippen molar-refractivity contribution < 1.29 is 4.74 Å². The second-order valence-electron chi connectivity index (χ2n) is 7.63. The van der Waals surface area contributed by atoms with Crippen LogP contribution in [-0.4, -0.2) is 49.3 Å². The third-order valence-corrected chi connectivity index (χ3v) is 4.21. The molecule has 0 atom stereocenters. The number of hydrogen-bond donors (Lipinski definition) is 1. The highest BCUT2D eigenvalue weighted by Gasteiger charge is 2.23. The Hall–Kier alpha value is -0.120. The molecule has 1 fully saturated rings. The van der Waals surface area contributed by atoms with Crippen molar-refractivity contribution in [2.24, 2.45) is 5.92 Å². The second-order valence-corrected chi connectivity index (χ2v) is 7.63. The first kappa shape index (κ1) is 16.9. The molecule has 1 N–H and O–H groups in total. The molecule has 0 aromatic carbocycles. The predicted octanol–water partition coefficient (Wildman–Crippen LogP) is 2.90. The maximum absolute atomic E-state index is 5.49. The van der Waals surface area contributed by atoms with Crippen molar-refractivity contribution in [3.63, 3.8) is 0 Å². The normalized spacial score (nSPS) is 19.9. The number of methoxy groups -OCH3 is 1. The van der Waals surface area contributed by atoms with Gasteiger partial charge in [0.25, 0.3) is 0 Å². The highest BCUT2D eigenvalue weighted by Crippen LogP contribution is 2.20. The molecule has 0 aromatic heterocycles. The van der Waals surface area contributed by atoms with E-state index < -0.39 is 0 Å². The quantitative estimate of drug-likeness (QED) is 0.803. The Morgan fingerprint density at radius 1 is 1.11 bits per heavy atom. The molecule has 0 spiro atoms. The van der Waals surface area contributed by atoms with E-state index in [1.807, 2.05) is 7.11 Å². The highest BCUT2D eigenvalue weighted by atomic mass is 16.5. The molecule has 114 valence electrons. The van der Waals surface area contributed by atoms with E-state index in [2.05, 4.69) is 44.8 Å². The number of nitrogens with one attached hydrogen (secondary N) is 1. The topological polar surface area (TPSA) is 24.5 Å². The molecule has 3 nitrogen and oxygen atoms in total. The van der Waals surface area contributed by atoms with Crippen LogP contribution in [0.5, 0.6) is 0 Å². The minimum absolute atomic E-state index is 0.0185. The fraction of sp³-hybridized carbons (Fsp3) is 1.00.